The second-order valence-electron chi connectivity index (χ2n) is 6.23. The molecule has 0 saturated heterocycles. The number of alkyl halides is 3. The highest BCUT2D eigenvalue weighted by Gasteiger charge is 2.31. The fraction of sp³-hybridized carbons (Fsp3) is 0.158. The number of nitrogens with zero attached hydrogens (tertiary/aromatic N) is 3. The maximum atomic E-state index is 13.1. The Balaban J connectivity index is 1.86. The topological polar surface area (TPSA) is 46.5 Å². The summed E-state index contributed by atoms with van der Waals surface area (Å²) in [4.78, 5) is 7.28. The Labute approximate surface area is 147 Å². The van der Waals surface area contributed by atoms with Crippen LogP contribution in [0, 0.1) is 13.8 Å². The quantitative estimate of drug-likeness (QED) is 0.546. The highest BCUT2D eigenvalue weighted by atomic mass is 19.4. The molecule has 0 atom stereocenters. The van der Waals surface area contributed by atoms with Crippen LogP contribution < -0.4 is 0 Å². The molecule has 0 radical (unpaired) electrons. The van der Waals surface area contributed by atoms with Crippen LogP contribution in [0.15, 0.2) is 48.9 Å². The van der Waals surface area contributed by atoms with Crippen LogP contribution in [0.4, 0.5) is 13.2 Å². The Morgan fingerprint density at radius 1 is 1.08 bits per heavy atom. The van der Waals surface area contributed by atoms with E-state index in [4.69, 9.17) is 0 Å². The molecule has 0 aliphatic rings. The summed E-state index contributed by atoms with van der Waals surface area (Å²) in [5.41, 5.74) is 3.27. The van der Waals surface area contributed by atoms with Crippen molar-refractivity contribution in [2.75, 3.05) is 0 Å². The third-order valence-electron chi connectivity index (χ3n) is 4.30. The molecule has 4 rings (SSSR count). The van der Waals surface area contributed by atoms with Gasteiger partial charge in [-0.1, -0.05) is 6.07 Å². The van der Waals surface area contributed by atoms with Gasteiger partial charge in [0, 0.05) is 29.5 Å². The van der Waals surface area contributed by atoms with Crippen molar-refractivity contribution in [3.05, 3.63) is 65.7 Å². The Morgan fingerprint density at radius 3 is 2.65 bits per heavy atom. The molecule has 0 amide bonds. The molecule has 3 heterocycles. The smallest absolute Gasteiger partial charge is 0.346 e. The molecule has 0 spiro atoms. The van der Waals surface area contributed by atoms with Gasteiger partial charge in [0.15, 0.2) is 0 Å². The predicted molar refractivity (Wildman–Crippen MR) is 93.1 cm³/mol. The number of H-pyrrole nitrogens is 1. The molecule has 26 heavy (non-hydrogen) atoms. The van der Waals surface area contributed by atoms with Crippen molar-refractivity contribution in [1.82, 2.24) is 19.7 Å². The third kappa shape index (κ3) is 2.75. The number of aryl methyl sites for hydroxylation is 2. The predicted octanol–water partition coefficient (Wildman–Crippen LogP) is 5.05. The summed E-state index contributed by atoms with van der Waals surface area (Å²) < 4.78 is 41.1. The molecule has 0 fully saturated rings. The van der Waals surface area contributed by atoms with Gasteiger partial charge in [-0.2, -0.15) is 18.3 Å². The van der Waals surface area contributed by atoms with Crippen LogP contribution >= 0.6 is 0 Å². The second kappa shape index (κ2) is 5.72. The molecule has 0 bridgehead atoms. The zero-order chi connectivity index (χ0) is 18.5. The Hall–Kier alpha value is -3.09. The summed E-state index contributed by atoms with van der Waals surface area (Å²) in [6.45, 7) is 3.45. The van der Waals surface area contributed by atoms with Gasteiger partial charge in [0.2, 0.25) is 0 Å². The second-order valence-corrected chi connectivity index (χ2v) is 6.23. The fourth-order valence-corrected chi connectivity index (χ4v) is 3.12. The summed E-state index contributed by atoms with van der Waals surface area (Å²) in [6, 6.07) is 7.77. The lowest BCUT2D eigenvalue weighted by molar-refractivity contribution is -0.137. The minimum atomic E-state index is -4.38. The molecule has 0 saturated carbocycles. The zero-order valence-electron chi connectivity index (χ0n) is 14.1. The summed E-state index contributed by atoms with van der Waals surface area (Å²) >= 11 is 0. The van der Waals surface area contributed by atoms with E-state index in [1.165, 1.54) is 6.07 Å². The average Bonchev–Trinajstić information content (AvgIpc) is 3.19. The average molecular weight is 356 g/mol. The van der Waals surface area contributed by atoms with E-state index in [-0.39, 0.29) is 0 Å². The van der Waals surface area contributed by atoms with Gasteiger partial charge in [-0.05, 0) is 49.2 Å². The highest BCUT2D eigenvalue weighted by molar-refractivity contribution is 5.84. The third-order valence-corrected chi connectivity index (χ3v) is 4.30. The molecule has 4 nitrogen and oxygen atoms in total. The highest BCUT2D eigenvalue weighted by Crippen LogP contribution is 2.34. The van der Waals surface area contributed by atoms with E-state index >= 15 is 0 Å². The number of fused-ring (bicyclic) bond motifs is 1. The Bertz CT molecular complexity index is 1110. The molecule has 0 aliphatic heterocycles. The van der Waals surface area contributed by atoms with Gasteiger partial charge in [-0.25, -0.2) is 9.67 Å². The van der Waals surface area contributed by atoms with Gasteiger partial charge in [0.1, 0.15) is 5.65 Å². The molecule has 3 aromatic heterocycles. The van der Waals surface area contributed by atoms with Crippen molar-refractivity contribution in [2.24, 2.45) is 0 Å². The first kappa shape index (κ1) is 16.4. The van der Waals surface area contributed by atoms with Crippen LogP contribution in [-0.4, -0.2) is 19.7 Å². The Morgan fingerprint density at radius 2 is 1.88 bits per heavy atom. The van der Waals surface area contributed by atoms with E-state index in [1.807, 2.05) is 12.1 Å². The molecule has 0 unspecified atom stereocenters. The van der Waals surface area contributed by atoms with E-state index in [9.17, 15) is 13.2 Å². The first-order chi connectivity index (χ1) is 12.3. The van der Waals surface area contributed by atoms with Crippen LogP contribution in [0.25, 0.3) is 27.8 Å². The molecule has 4 aromatic rings. The minimum Gasteiger partial charge on any atom is -0.346 e. The van der Waals surface area contributed by atoms with Crippen LogP contribution in [0.5, 0.6) is 0 Å². The van der Waals surface area contributed by atoms with E-state index in [2.05, 4.69) is 15.1 Å². The van der Waals surface area contributed by atoms with Gasteiger partial charge in [-0.15, -0.1) is 0 Å². The summed E-state index contributed by atoms with van der Waals surface area (Å²) in [5.74, 6) is 0. The lowest BCUT2D eigenvalue weighted by Gasteiger charge is -2.10. The molecular weight excluding hydrogens is 341 g/mol. The van der Waals surface area contributed by atoms with Crippen molar-refractivity contribution in [3.8, 4) is 16.8 Å². The largest absolute Gasteiger partial charge is 0.416 e. The summed E-state index contributed by atoms with van der Waals surface area (Å²) in [6.07, 6.45) is 0.826. The summed E-state index contributed by atoms with van der Waals surface area (Å²) in [7, 11) is 0. The van der Waals surface area contributed by atoms with Gasteiger partial charge in [0.25, 0.3) is 0 Å². The number of aromatic amines is 1. The number of halogens is 3. The maximum absolute atomic E-state index is 13.1. The zero-order valence-corrected chi connectivity index (χ0v) is 14.1. The van der Waals surface area contributed by atoms with Crippen molar-refractivity contribution >= 4 is 11.0 Å². The normalized spacial score (nSPS) is 12.0. The lowest BCUT2D eigenvalue weighted by atomic mass is 10.0. The molecule has 1 N–H and O–H groups in total. The van der Waals surface area contributed by atoms with Crippen molar-refractivity contribution in [2.45, 2.75) is 20.0 Å². The first-order valence-electron chi connectivity index (χ1n) is 8.01. The molecule has 7 heteroatoms. The van der Waals surface area contributed by atoms with E-state index in [0.717, 1.165) is 22.8 Å². The minimum absolute atomic E-state index is 0.500. The van der Waals surface area contributed by atoms with Crippen LogP contribution in [-0.2, 0) is 6.18 Å². The van der Waals surface area contributed by atoms with Crippen molar-refractivity contribution in [1.29, 1.82) is 0 Å². The number of nitrogens with one attached hydrogen (secondary N) is 1. The van der Waals surface area contributed by atoms with Crippen molar-refractivity contribution < 1.29 is 13.2 Å². The number of pyridine rings is 1. The molecular formula is C19H15F3N4. The molecule has 0 aliphatic carbocycles. The van der Waals surface area contributed by atoms with Gasteiger partial charge in [0.05, 0.1) is 16.9 Å². The lowest BCUT2D eigenvalue weighted by Crippen LogP contribution is -2.05. The van der Waals surface area contributed by atoms with Gasteiger partial charge >= 0.3 is 6.18 Å². The Kier molecular flexibility index (Phi) is 3.61. The van der Waals surface area contributed by atoms with Crippen LogP contribution in [0.2, 0.25) is 0 Å². The first-order valence-corrected chi connectivity index (χ1v) is 8.01. The summed E-state index contributed by atoms with van der Waals surface area (Å²) in [5, 5.41) is 5.39. The molecule has 132 valence electrons. The number of hydrogen-bond donors (Lipinski definition) is 1. The van der Waals surface area contributed by atoms with E-state index in [0.29, 0.717) is 22.4 Å². The molecule has 1 aromatic carbocycles. The number of hydrogen-bond acceptors (Lipinski definition) is 2. The number of aromatic nitrogens is 4. The fourth-order valence-electron chi connectivity index (χ4n) is 3.12. The van der Waals surface area contributed by atoms with Crippen molar-refractivity contribution in [3.63, 3.8) is 0 Å². The monoisotopic (exact) mass is 356 g/mol. The number of benzene rings is 1. The van der Waals surface area contributed by atoms with E-state index in [1.54, 1.807) is 43.2 Å². The van der Waals surface area contributed by atoms with E-state index < -0.39 is 11.7 Å². The SMILES string of the molecule is Cc1cc(-c2cn(-c3ccnc4[nH]ccc34)nc2C)cc(C(F)(F)F)c1. The standard InChI is InChI=1S/C19H15F3N4/c1-11-7-13(9-14(8-11)19(20,21)22)16-10-26(25-12(16)2)17-4-6-24-18-15(17)3-5-23-18/h3-10H,1-2H3,(H,23,24). The number of rotatable bonds is 2. The van der Waals surface area contributed by atoms with Gasteiger partial charge < -0.3 is 4.98 Å². The van der Waals surface area contributed by atoms with Crippen LogP contribution in [0.1, 0.15) is 16.8 Å². The van der Waals surface area contributed by atoms with Gasteiger partial charge in [-0.3, -0.25) is 0 Å². The van der Waals surface area contributed by atoms with Crippen LogP contribution in [0.3, 0.4) is 0 Å². The maximum Gasteiger partial charge on any atom is 0.416 e.